The van der Waals surface area contributed by atoms with E-state index in [1.807, 2.05) is 6.92 Å². The van der Waals surface area contributed by atoms with Crippen LogP contribution in [0.25, 0.3) is 0 Å². The highest BCUT2D eigenvalue weighted by Gasteiger charge is 2.28. The zero-order chi connectivity index (χ0) is 9.52. The second kappa shape index (κ2) is 6.35. The molecule has 2 N–H and O–H groups in total. The molecule has 1 aliphatic carbocycles. The van der Waals surface area contributed by atoms with E-state index in [-0.39, 0.29) is 6.10 Å². The third kappa shape index (κ3) is 5.24. The summed E-state index contributed by atoms with van der Waals surface area (Å²) in [6, 6.07) is 0. The number of rotatable bonds is 8. The minimum Gasteiger partial charge on any atom is -0.392 e. The zero-order valence-electron chi connectivity index (χ0n) is 8.46. The maximum atomic E-state index is 9.50. The number of aliphatic hydroxyl groups excluding tert-OH is 1. The van der Waals surface area contributed by atoms with Gasteiger partial charge >= 0.3 is 0 Å². The van der Waals surface area contributed by atoms with Crippen molar-refractivity contribution in [3.8, 4) is 0 Å². The molecule has 0 aromatic rings. The van der Waals surface area contributed by atoms with Gasteiger partial charge in [0.15, 0.2) is 0 Å². The van der Waals surface area contributed by atoms with Gasteiger partial charge in [-0.15, -0.1) is 0 Å². The number of hydrogen-bond donors (Lipinski definition) is 2. The Morgan fingerprint density at radius 2 is 2.31 bits per heavy atom. The molecule has 3 nitrogen and oxygen atoms in total. The molecule has 1 saturated carbocycles. The Hall–Kier alpha value is -0.120. The van der Waals surface area contributed by atoms with Crippen LogP contribution in [0.4, 0.5) is 0 Å². The highest BCUT2D eigenvalue weighted by atomic mass is 16.5. The van der Waals surface area contributed by atoms with Crippen LogP contribution in [0.15, 0.2) is 0 Å². The first-order chi connectivity index (χ1) is 6.34. The van der Waals surface area contributed by atoms with Crippen LogP contribution in [0.1, 0.15) is 26.2 Å². The summed E-state index contributed by atoms with van der Waals surface area (Å²) in [6.45, 7) is 5.32. The van der Waals surface area contributed by atoms with E-state index in [0.29, 0.717) is 5.92 Å². The predicted octanol–water partition coefficient (Wildman–Crippen LogP) is 0.773. The summed E-state index contributed by atoms with van der Waals surface area (Å²) in [6.07, 6.45) is 3.33. The van der Waals surface area contributed by atoms with Crippen LogP contribution >= 0.6 is 0 Å². The second-order valence-electron chi connectivity index (χ2n) is 3.66. The smallest absolute Gasteiger partial charge is 0.0692 e. The van der Waals surface area contributed by atoms with Crippen LogP contribution in [0.3, 0.4) is 0 Å². The van der Waals surface area contributed by atoms with Crippen LogP contribution in [0.2, 0.25) is 0 Å². The summed E-state index contributed by atoms with van der Waals surface area (Å²) < 4.78 is 5.20. The van der Waals surface area contributed by atoms with Gasteiger partial charge in [0.1, 0.15) is 0 Å². The maximum Gasteiger partial charge on any atom is 0.0692 e. The molecular formula is C10H21NO2. The molecule has 0 heterocycles. The van der Waals surface area contributed by atoms with Crippen molar-refractivity contribution in [3.05, 3.63) is 0 Å². The maximum absolute atomic E-state index is 9.50. The first-order valence-electron chi connectivity index (χ1n) is 5.31. The van der Waals surface area contributed by atoms with Crippen molar-refractivity contribution in [1.29, 1.82) is 0 Å². The summed E-state index contributed by atoms with van der Waals surface area (Å²) in [5.41, 5.74) is 0. The fraction of sp³-hybridized carbons (Fsp3) is 1.00. The normalized spacial score (nSPS) is 18.9. The van der Waals surface area contributed by atoms with Crippen molar-refractivity contribution in [1.82, 2.24) is 5.32 Å². The standard InChI is InChI=1S/C10H21NO2/c1-2-13-7-3-6-11-8-10(12)9-4-5-9/h9-12H,2-8H2,1H3. The number of hydrogen-bond acceptors (Lipinski definition) is 3. The van der Waals surface area contributed by atoms with Gasteiger partial charge < -0.3 is 15.2 Å². The summed E-state index contributed by atoms with van der Waals surface area (Å²) in [4.78, 5) is 0. The van der Waals surface area contributed by atoms with Crippen molar-refractivity contribution in [2.45, 2.75) is 32.3 Å². The Labute approximate surface area is 80.5 Å². The lowest BCUT2D eigenvalue weighted by Crippen LogP contribution is -2.29. The van der Waals surface area contributed by atoms with Gasteiger partial charge in [-0.2, -0.15) is 0 Å². The van der Waals surface area contributed by atoms with E-state index in [1.54, 1.807) is 0 Å². The quantitative estimate of drug-likeness (QED) is 0.552. The molecule has 1 atom stereocenters. The highest BCUT2D eigenvalue weighted by Crippen LogP contribution is 2.32. The van der Waals surface area contributed by atoms with Gasteiger partial charge in [0, 0.05) is 19.8 Å². The minimum atomic E-state index is -0.118. The fourth-order valence-electron chi connectivity index (χ4n) is 1.34. The van der Waals surface area contributed by atoms with Gasteiger partial charge in [0.25, 0.3) is 0 Å². The average Bonchev–Trinajstić information content (AvgIpc) is 2.93. The molecule has 0 spiro atoms. The predicted molar refractivity (Wildman–Crippen MR) is 52.7 cm³/mol. The molecule has 13 heavy (non-hydrogen) atoms. The van der Waals surface area contributed by atoms with Gasteiger partial charge in [-0.1, -0.05) is 0 Å². The average molecular weight is 187 g/mol. The number of aliphatic hydroxyl groups is 1. The Kier molecular flexibility index (Phi) is 5.35. The Balaban J connectivity index is 1.77. The lowest BCUT2D eigenvalue weighted by Gasteiger charge is -2.10. The van der Waals surface area contributed by atoms with Crippen molar-refractivity contribution in [2.75, 3.05) is 26.3 Å². The van der Waals surface area contributed by atoms with Gasteiger partial charge in [-0.25, -0.2) is 0 Å². The van der Waals surface area contributed by atoms with Crippen molar-refractivity contribution >= 4 is 0 Å². The van der Waals surface area contributed by atoms with Gasteiger partial charge in [-0.05, 0) is 38.6 Å². The van der Waals surface area contributed by atoms with E-state index in [4.69, 9.17) is 4.74 Å². The topological polar surface area (TPSA) is 41.5 Å². The molecule has 0 radical (unpaired) electrons. The second-order valence-corrected chi connectivity index (χ2v) is 3.66. The van der Waals surface area contributed by atoms with Crippen LogP contribution < -0.4 is 5.32 Å². The van der Waals surface area contributed by atoms with E-state index < -0.39 is 0 Å². The summed E-state index contributed by atoms with van der Waals surface area (Å²) in [5, 5.41) is 12.7. The zero-order valence-corrected chi connectivity index (χ0v) is 8.46. The van der Waals surface area contributed by atoms with E-state index in [0.717, 1.165) is 32.7 Å². The van der Waals surface area contributed by atoms with Crippen molar-refractivity contribution in [3.63, 3.8) is 0 Å². The largest absolute Gasteiger partial charge is 0.392 e. The van der Waals surface area contributed by atoms with E-state index in [1.165, 1.54) is 12.8 Å². The van der Waals surface area contributed by atoms with Crippen LogP contribution in [0, 0.1) is 5.92 Å². The Bertz CT molecular complexity index is 126. The number of ether oxygens (including phenoxy) is 1. The third-order valence-electron chi connectivity index (χ3n) is 2.37. The third-order valence-corrected chi connectivity index (χ3v) is 2.37. The van der Waals surface area contributed by atoms with Gasteiger partial charge in [-0.3, -0.25) is 0 Å². The monoisotopic (exact) mass is 187 g/mol. The summed E-state index contributed by atoms with van der Waals surface area (Å²) in [7, 11) is 0. The molecule has 3 heteroatoms. The van der Waals surface area contributed by atoms with E-state index in [9.17, 15) is 5.11 Å². The molecule has 0 aromatic heterocycles. The number of nitrogens with one attached hydrogen (secondary N) is 1. The fourth-order valence-corrected chi connectivity index (χ4v) is 1.34. The van der Waals surface area contributed by atoms with Crippen molar-refractivity contribution in [2.24, 2.45) is 5.92 Å². The molecule has 0 saturated heterocycles. The van der Waals surface area contributed by atoms with Crippen LogP contribution in [-0.2, 0) is 4.74 Å². The SMILES string of the molecule is CCOCCCNCC(O)C1CC1. The van der Waals surface area contributed by atoms with Crippen molar-refractivity contribution < 1.29 is 9.84 Å². The van der Waals surface area contributed by atoms with Crippen LogP contribution in [-0.4, -0.2) is 37.5 Å². The minimum absolute atomic E-state index is 0.118. The van der Waals surface area contributed by atoms with Gasteiger partial charge in [0.2, 0.25) is 0 Å². The first-order valence-corrected chi connectivity index (χ1v) is 5.31. The molecule has 0 aromatic carbocycles. The molecule has 1 fully saturated rings. The summed E-state index contributed by atoms with van der Waals surface area (Å²) >= 11 is 0. The molecule has 1 aliphatic rings. The molecule has 0 amide bonds. The first kappa shape index (κ1) is 11.0. The highest BCUT2D eigenvalue weighted by molar-refractivity contribution is 4.81. The molecular weight excluding hydrogens is 166 g/mol. The molecule has 0 bridgehead atoms. The van der Waals surface area contributed by atoms with E-state index >= 15 is 0 Å². The lowest BCUT2D eigenvalue weighted by molar-refractivity contribution is 0.135. The van der Waals surface area contributed by atoms with Gasteiger partial charge in [0.05, 0.1) is 6.10 Å². The lowest BCUT2D eigenvalue weighted by atomic mass is 10.2. The summed E-state index contributed by atoms with van der Waals surface area (Å²) in [5.74, 6) is 0.583. The molecule has 78 valence electrons. The Morgan fingerprint density at radius 3 is 2.92 bits per heavy atom. The molecule has 1 unspecified atom stereocenters. The Morgan fingerprint density at radius 1 is 1.54 bits per heavy atom. The molecule has 0 aliphatic heterocycles. The van der Waals surface area contributed by atoms with Crippen LogP contribution in [0.5, 0.6) is 0 Å². The molecule has 1 rings (SSSR count). The van der Waals surface area contributed by atoms with E-state index in [2.05, 4.69) is 5.32 Å².